The lowest BCUT2D eigenvalue weighted by molar-refractivity contribution is 0.0428. The second kappa shape index (κ2) is 11.2. The zero-order valence-electron chi connectivity index (χ0n) is 24.9. The summed E-state index contributed by atoms with van der Waals surface area (Å²) >= 11 is 1.02. The molecule has 1 aliphatic rings. The molecular weight excluding hydrogens is 582 g/mol. The molecule has 42 heavy (non-hydrogen) atoms. The van der Waals surface area contributed by atoms with Crippen molar-refractivity contribution in [2.75, 3.05) is 11.2 Å². The second-order valence-corrected chi connectivity index (χ2v) is 15.3. The molecule has 0 aromatic carbocycles. The quantitative estimate of drug-likeness (QED) is 0.380. The monoisotopic (exact) mass is 617 g/mol. The number of Topliss-reactive ketones (excluding diaryl/α,β-unsaturated/α-hetero) is 1. The summed E-state index contributed by atoms with van der Waals surface area (Å²) in [5.74, 6) is -0.0676. The van der Waals surface area contributed by atoms with E-state index in [1.807, 2.05) is 0 Å². The number of amides is 2. The predicted octanol–water partition coefficient (Wildman–Crippen LogP) is 5.12. The van der Waals surface area contributed by atoms with Gasteiger partial charge in [0.1, 0.15) is 17.0 Å². The first-order valence-electron chi connectivity index (χ1n) is 13.3. The molecule has 0 radical (unpaired) electrons. The van der Waals surface area contributed by atoms with Gasteiger partial charge < -0.3 is 14.0 Å². The average Bonchev–Trinajstić information content (AvgIpc) is 3.32. The van der Waals surface area contributed by atoms with E-state index < -0.39 is 33.2 Å². The van der Waals surface area contributed by atoms with Gasteiger partial charge in [0.2, 0.25) is 14.2 Å². The maximum atomic E-state index is 13.3. The molecule has 0 bridgehead atoms. The van der Waals surface area contributed by atoms with Crippen LogP contribution in [0.2, 0.25) is 0 Å². The maximum absolute atomic E-state index is 13.3. The number of ether oxygens (including phenoxy) is 2. The van der Waals surface area contributed by atoms with Gasteiger partial charge in [-0.1, -0.05) is 6.07 Å². The molecule has 226 valence electrons. The van der Waals surface area contributed by atoms with Gasteiger partial charge in [0.25, 0.3) is 0 Å². The molecule has 0 aliphatic carbocycles. The Morgan fingerprint density at radius 3 is 2.26 bits per heavy atom. The van der Waals surface area contributed by atoms with Gasteiger partial charge in [-0.05, 0) is 66.5 Å². The number of pyridine rings is 1. The van der Waals surface area contributed by atoms with Crippen LogP contribution in [0.25, 0.3) is 10.3 Å². The van der Waals surface area contributed by atoms with Crippen LogP contribution >= 0.6 is 11.3 Å². The molecule has 0 spiro atoms. The number of hydrogen-bond acceptors (Lipinski definition) is 11. The van der Waals surface area contributed by atoms with Gasteiger partial charge in [0.05, 0.1) is 16.4 Å². The van der Waals surface area contributed by atoms with E-state index in [2.05, 4.69) is 15.0 Å². The minimum atomic E-state index is -3.49. The summed E-state index contributed by atoms with van der Waals surface area (Å²) in [5.41, 5.74) is 0.320. The van der Waals surface area contributed by atoms with Crippen molar-refractivity contribution in [3.05, 3.63) is 35.2 Å². The van der Waals surface area contributed by atoms with Crippen LogP contribution in [-0.2, 0) is 32.8 Å². The SMILES string of the molecule is Cn1c2c(c3sc(S(C)(=O)=O)nc31)C=NC(CCc1cccc(N(C(=O)OC(C)(C)C)C(=O)OC(C)(C)C)n1)CC2=O. The molecule has 4 heterocycles. The number of carbonyl (C=O) groups excluding carboxylic acids is 3. The number of hydrogen-bond donors (Lipinski definition) is 0. The Balaban J connectivity index is 1.56. The molecule has 3 aromatic rings. The number of imide groups is 1. The van der Waals surface area contributed by atoms with E-state index >= 15 is 0 Å². The van der Waals surface area contributed by atoms with Gasteiger partial charge in [-0.2, -0.15) is 4.90 Å². The number of aryl methyl sites for hydroxylation is 2. The Hall–Kier alpha value is -3.65. The number of rotatable bonds is 5. The van der Waals surface area contributed by atoms with Crippen LogP contribution in [0.3, 0.4) is 0 Å². The first-order valence-corrected chi connectivity index (χ1v) is 16.0. The Labute approximate surface area is 248 Å². The molecular formula is C28H35N5O7S2. The largest absolute Gasteiger partial charge is 0.443 e. The van der Waals surface area contributed by atoms with Gasteiger partial charge in [-0.3, -0.25) is 9.79 Å². The van der Waals surface area contributed by atoms with Crippen LogP contribution in [0, 0.1) is 0 Å². The van der Waals surface area contributed by atoms with E-state index in [1.54, 1.807) is 71.5 Å². The van der Waals surface area contributed by atoms with Crippen molar-refractivity contribution in [2.45, 2.75) is 82.4 Å². The first kappa shape index (κ1) is 31.3. The molecule has 1 atom stereocenters. The van der Waals surface area contributed by atoms with Crippen molar-refractivity contribution < 1.29 is 32.3 Å². The molecule has 4 rings (SSSR count). The number of fused-ring (bicyclic) bond motifs is 3. The van der Waals surface area contributed by atoms with Crippen molar-refractivity contribution in [1.82, 2.24) is 14.5 Å². The Kier molecular flexibility index (Phi) is 8.35. The van der Waals surface area contributed by atoms with Crippen molar-refractivity contribution in [1.29, 1.82) is 0 Å². The molecule has 14 heteroatoms. The number of anilines is 1. The third kappa shape index (κ3) is 7.04. The predicted molar refractivity (Wildman–Crippen MR) is 160 cm³/mol. The lowest BCUT2D eigenvalue weighted by Gasteiger charge is -2.28. The zero-order valence-corrected chi connectivity index (χ0v) is 26.6. The number of carbonyl (C=O) groups is 3. The third-order valence-corrected chi connectivity index (χ3v) is 8.82. The molecule has 1 unspecified atom stereocenters. The van der Waals surface area contributed by atoms with Crippen LogP contribution < -0.4 is 4.90 Å². The van der Waals surface area contributed by atoms with E-state index in [9.17, 15) is 22.8 Å². The van der Waals surface area contributed by atoms with E-state index in [1.165, 1.54) is 6.07 Å². The normalized spacial score (nSPS) is 15.8. The number of thiazole rings is 1. The molecule has 0 saturated carbocycles. The van der Waals surface area contributed by atoms with Crippen molar-refractivity contribution in [3.8, 4) is 0 Å². The molecule has 0 fully saturated rings. The molecule has 3 aromatic heterocycles. The number of aliphatic imine (C=N–C) groups is 1. The number of nitrogens with zero attached hydrogens (tertiary/aromatic N) is 5. The van der Waals surface area contributed by atoms with E-state index in [-0.39, 0.29) is 28.4 Å². The van der Waals surface area contributed by atoms with E-state index in [0.29, 0.717) is 40.1 Å². The Bertz CT molecular complexity index is 1660. The highest BCUT2D eigenvalue weighted by molar-refractivity contribution is 7.92. The minimum Gasteiger partial charge on any atom is -0.443 e. The fraction of sp³-hybridized carbons (Fsp3) is 0.500. The highest BCUT2D eigenvalue weighted by Crippen LogP contribution is 2.34. The summed E-state index contributed by atoms with van der Waals surface area (Å²) in [7, 11) is -1.80. The second-order valence-electron chi connectivity index (χ2n) is 12.1. The van der Waals surface area contributed by atoms with Crippen molar-refractivity contribution in [2.24, 2.45) is 12.0 Å². The molecule has 1 aliphatic heterocycles. The molecule has 0 N–H and O–H groups in total. The lowest BCUT2D eigenvalue weighted by Crippen LogP contribution is -2.44. The third-order valence-electron chi connectivity index (χ3n) is 6.07. The Morgan fingerprint density at radius 2 is 1.69 bits per heavy atom. The van der Waals surface area contributed by atoms with E-state index in [0.717, 1.165) is 22.5 Å². The van der Waals surface area contributed by atoms with Crippen molar-refractivity contribution in [3.63, 3.8) is 0 Å². The van der Waals surface area contributed by atoms with Crippen LogP contribution in [0.5, 0.6) is 0 Å². The highest BCUT2D eigenvalue weighted by Gasteiger charge is 2.34. The first-order chi connectivity index (χ1) is 19.3. The fourth-order valence-corrected chi connectivity index (χ4v) is 6.30. The minimum absolute atomic E-state index is 0.00897. The Morgan fingerprint density at radius 1 is 1.07 bits per heavy atom. The molecule has 12 nitrogen and oxygen atoms in total. The molecule has 2 amide bonds. The lowest BCUT2D eigenvalue weighted by atomic mass is 10.0. The fourth-order valence-electron chi connectivity index (χ4n) is 4.35. The summed E-state index contributed by atoms with van der Waals surface area (Å²) in [6, 6.07) is 4.60. The summed E-state index contributed by atoms with van der Waals surface area (Å²) in [5, 5.41) is 0. The highest BCUT2D eigenvalue weighted by atomic mass is 32.2. The van der Waals surface area contributed by atoms with Gasteiger partial charge in [-0.25, -0.2) is 28.0 Å². The summed E-state index contributed by atoms with van der Waals surface area (Å²) in [6.45, 7) is 10.2. The number of sulfone groups is 1. The van der Waals surface area contributed by atoms with Crippen LogP contribution in [0.4, 0.5) is 15.4 Å². The van der Waals surface area contributed by atoms with Crippen LogP contribution in [0.15, 0.2) is 27.5 Å². The standard InChI is InChI=1S/C28H35N5O7S2/c1-27(2,3)39-25(35)33(26(36)40-28(4,5)6)20-11-9-10-16(30-20)12-13-17-14-19(34)21-18(15-29-17)22-23(32(21)7)31-24(41-22)42(8,37)38/h9-11,15,17H,12-14H2,1-8H3. The summed E-state index contributed by atoms with van der Waals surface area (Å²) < 4.78 is 37.2. The summed E-state index contributed by atoms with van der Waals surface area (Å²) in [4.78, 5) is 53.4. The van der Waals surface area contributed by atoms with Crippen LogP contribution in [-0.4, -0.2) is 70.6 Å². The van der Waals surface area contributed by atoms with Gasteiger partial charge in [0.15, 0.2) is 11.4 Å². The number of ketones is 1. The van der Waals surface area contributed by atoms with Crippen LogP contribution in [0.1, 0.15) is 76.1 Å². The van der Waals surface area contributed by atoms with Crippen molar-refractivity contribution >= 4 is 61.5 Å². The topological polar surface area (TPSA) is 150 Å². The molecule has 0 saturated heterocycles. The zero-order chi connectivity index (χ0) is 31.2. The smallest absolute Gasteiger partial charge is 0.425 e. The van der Waals surface area contributed by atoms with E-state index in [4.69, 9.17) is 9.47 Å². The summed E-state index contributed by atoms with van der Waals surface area (Å²) in [6.07, 6.45) is 1.92. The van der Waals surface area contributed by atoms with Gasteiger partial charge >= 0.3 is 12.2 Å². The van der Waals surface area contributed by atoms with Gasteiger partial charge in [-0.15, -0.1) is 11.3 Å². The number of aromatic nitrogens is 3. The van der Waals surface area contributed by atoms with Gasteiger partial charge in [0, 0.05) is 37.2 Å². The maximum Gasteiger partial charge on any atom is 0.425 e. The average molecular weight is 618 g/mol.